The third-order valence-electron chi connectivity index (χ3n) is 5.94. The van der Waals surface area contributed by atoms with Crippen molar-refractivity contribution in [2.75, 3.05) is 0 Å². The van der Waals surface area contributed by atoms with Crippen molar-refractivity contribution in [2.24, 2.45) is 4.99 Å². The van der Waals surface area contributed by atoms with Crippen molar-refractivity contribution < 1.29 is 9.90 Å². The number of ketones is 1. The van der Waals surface area contributed by atoms with E-state index in [0.717, 1.165) is 27.3 Å². The molecule has 1 aliphatic heterocycles. The fourth-order valence-electron chi connectivity index (χ4n) is 4.42. The zero-order chi connectivity index (χ0) is 21.9. The molecule has 2 aliphatic rings. The number of aryl methyl sites for hydroxylation is 1. The van der Waals surface area contributed by atoms with E-state index in [4.69, 9.17) is 4.99 Å². The van der Waals surface area contributed by atoms with E-state index in [1.165, 1.54) is 21.2 Å². The maximum absolute atomic E-state index is 12.4. The first-order chi connectivity index (χ1) is 14.8. The number of phenolic OH excluding ortho intramolecular Hbond substituents is 1. The molecular weight excluding hydrogens is 695 g/mol. The van der Waals surface area contributed by atoms with Crippen molar-refractivity contribution in [1.29, 1.82) is 0 Å². The van der Waals surface area contributed by atoms with Crippen LogP contribution in [0.3, 0.4) is 0 Å². The van der Waals surface area contributed by atoms with Gasteiger partial charge in [-0.15, -0.1) is 0 Å². The molecule has 0 saturated heterocycles. The zero-order valence-electron chi connectivity index (χ0n) is 16.7. The first kappa shape index (κ1) is 21.6. The van der Waals surface area contributed by atoms with E-state index in [2.05, 4.69) is 82.9 Å². The molecule has 0 spiro atoms. The van der Waals surface area contributed by atoms with Gasteiger partial charge in [-0.2, -0.15) is 0 Å². The molecule has 0 amide bonds. The molecule has 154 valence electrons. The topological polar surface area (TPSA) is 49.7 Å². The molecule has 0 saturated carbocycles. The van der Waals surface area contributed by atoms with Crippen LogP contribution in [0.2, 0.25) is 6.55 Å². The van der Waals surface area contributed by atoms with Crippen LogP contribution in [-0.2, 0) is 4.79 Å². The molecule has 1 aliphatic carbocycles. The average molecular weight is 712 g/mol. The van der Waals surface area contributed by atoms with Gasteiger partial charge in [0.15, 0.2) is 0 Å². The van der Waals surface area contributed by atoms with E-state index in [1.54, 1.807) is 18.2 Å². The number of aliphatic imine (C=N–C) groups is 1. The van der Waals surface area contributed by atoms with Crippen LogP contribution in [0.25, 0.3) is 10.0 Å². The number of halogens is 2. The molecule has 2 heterocycles. The van der Waals surface area contributed by atoms with Crippen molar-refractivity contribution in [3.63, 3.8) is 0 Å². The summed E-state index contributed by atoms with van der Waals surface area (Å²) in [6.45, 7) is 4.47. The third-order valence-corrected chi connectivity index (χ3v) is 17.9. The molecule has 1 unspecified atom stereocenters. The zero-order valence-corrected chi connectivity index (χ0v) is 23.8. The number of carbonyl (C=O) groups excluding carboxylic acids is 1. The summed E-state index contributed by atoms with van der Waals surface area (Å²) >= 11 is 4.97. The third kappa shape index (κ3) is 3.31. The van der Waals surface area contributed by atoms with Crippen LogP contribution in [0.15, 0.2) is 70.9 Å². The van der Waals surface area contributed by atoms with Crippen LogP contribution in [0, 0.1) is 14.1 Å². The van der Waals surface area contributed by atoms with Crippen LogP contribution in [-0.4, -0.2) is 39.2 Å². The average Bonchev–Trinajstić information content (AvgIpc) is 3.02. The summed E-state index contributed by atoms with van der Waals surface area (Å²) in [4.78, 5) is 17.4. The van der Waals surface area contributed by atoms with Crippen molar-refractivity contribution in [3.05, 3.63) is 77.5 Å². The van der Waals surface area contributed by atoms with Crippen LogP contribution in [0.5, 0.6) is 5.75 Å². The van der Waals surface area contributed by atoms with Crippen LogP contribution in [0.1, 0.15) is 4.44 Å². The van der Waals surface area contributed by atoms with Gasteiger partial charge in [0.2, 0.25) is 0 Å². The van der Waals surface area contributed by atoms with Gasteiger partial charge in [0.25, 0.3) is 0 Å². The van der Waals surface area contributed by atoms with Crippen molar-refractivity contribution >= 4 is 95.3 Å². The Balaban J connectivity index is 1.94. The maximum atomic E-state index is 12.4. The summed E-state index contributed by atoms with van der Waals surface area (Å²) in [6, 6.07) is 14.1. The number of phenols is 1. The van der Waals surface area contributed by atoms with Gasteiger partial charge in [-0.25, -0.2) is 0 Å². The van der Waals surface area contributed by atoms with Gasteiger partial charge in [0.05, 0.1) is 0 Å². The molecule has 3 aromatic rings. The number of hydrogen-bond donors (Lipinski definition) is 1. The van der Waals surface area contributed by atoms with Crippen LogP contribution >= 0.6 is 45.2 Å². The quantitative estimate of drug-likeness (QED) is 0.242. The van der Waals surface area contributed by atoms with E-state index in [1.807, 2.05) is 18.2 Å². The predicted molar refractivity (Wildman–Crippen MR) is 147 cm³/mol. The summed E-state index contributed by atoms with van der Waals surface area (Å²) in [5, 5.41) is 14.5. The number of aromatic hydroxyl groups is 1. The predicted octanol–water partition coefficient (Wildman–Crippen LogP) is 4.52. The fourth-order valence-corrected chi connectivity index (χ4v) is 13.8. The monoisotopic (exact) mass is 713 g/mol. The molecule has 3 nitrogen and oxygen atoms in total. The van der Waals surface area contributed by atoms with E-state index < -0.39 is 8.07 Å². The number of fused-ring (bicyclic) bond motifs is 2. The van der Waals surface area contributed by atoms with Gasteiger partial charge < -0.3 is 0 Å². The molecule has 1 aromatic heterocycles. The molecule has 1 atom stereocenters. The molecule has 2 aromatic carbocycles. The molecule has 7 heteroatoms. The second kappa shape index (κ2) is 7.95. The number of carbonyl (C=O) groups is 1. The van der Waals surface area contributed by atoms with Crippen molar-refractivity contribution in [1.82, 2.24) is 0 Å². The normalized spacial score (nSPS) is 19.5. The molecule has 31 heavy (non-hydrogen) atoms. The molecule has 0 bridgehead atoms. The Morgan fingerprint density at radius 2 is 1.77 bits per heavy atom. The number of rotatable bonds is 2. The van der Waals surface area contributed by atoms with Crippen LogP contribution < -0.4 is 10.4 Å². The number of benzene rings is 2. The van der Waals surface area contributed by atoms with Gasteiger partial charge in [-0.3, -0.25) is 0 Å². The Morgan fingerprint density at radius 1 is 1.03 bits per heavy atom. The SMILES string of the molecule is Cc1[se]c(-c2c(O)ccc3c2[Si](C)(c2ccccc2)C2=CC(=O)C=CC2=N3)c(I)c1I. The Hall–Kier alpha value is -1.26. The van der Waals surface area contributed by atoms with E-state index >= 15 is 0 Å². The fraction of sp³-hybridized carbons (Fsp3) is 0.0833. The van der Waals surface area contributed by atoms with Crippen molar-refractivity contribution in [2.45, 2.75) is 13.5 Å². The Bertz CT molecular complexity index is 1360. The van der Waals surface area contributed by atoms with Gasteiger partial charge in [-0.1, -0.05) is 0 Å². The molecule has 0 fully saturated rings. The van der Waals surface area contributed by atoms with Gasteiger partial charge >= 0.3 is 217 Å². The van der Waals surface area contributed by atoms with E-state index in [9.17, 15) is 9.90 Å². The standard InChI is InChI=1S/C24H17I2NO2SeSi/c1-13-21(25)22(26)23(30-13)20-18(29)11-10-17-24(20)31(2,15-6-4-3-5-7-15)19-12-14(28)8-9-16(19)27-17/h3-12,29H,1-2H3. The Morgan fingerprint density at radius 3 is 2.45 bits per heavy atom. The van der Waals surface area contributed by atoms with Gasteiger partial charge in [0, 0.05) is 0 Å². The summed E-state index contributed by atoms with van der Waals surface area (Å²) < 4.78 is 5.09. The summed E-state index contributed by atoms with van der Waals surface area (Å²) in [6.07, 6.45) is 5.20. The summed E-state index contributed by atoms with van der Waals surface area (Å²) in [5.74, 6) is 0.301. The van der Waals surface area contributed by atoms with Gasteiger partial charge in [-0.05, 0) is 0 Å². The number of hydrogen-bond acceptors (Lipinski definition) is 3. The number of allylic oxidation sites excluding steroid dienone is 4. The Kier molecular flexibility index (Phi) is 5.53. The molecule has 5 rings (SSSR count). The molecule has 1 N–H and O–H groups in total. The van der Waals surface area contributed by atoms with E-state index in [0.29, 0.717) is 5.75 Å². The summed E-state index contributed by atoms with van der Waals surface area (Å²) in [7, 11) is -2.60. The van der Waals surface area contributed by atoms with Crippen LogP contribution in [0.4, 0.5) is 5.69 Å². The summed E-state index contributed by atoms with van der Waals surface area (Å²) in [5.41, 5.74) is 2.70. The minimum absolute atomic E-state index is 0.000278. The Labute approximate surface area is 215 Å². The van der Waals surface area contributed by atoms with E-state index in [-0.39, 0.29) is 20.3 Å². The van der Waals surface area contributed by atoms with Gasteiger partial charge in [0.1, 0.15) is 0 Å². The second-order valence-electron chi connectivity index (χ2n) is 7.75. The number of nitrogens with zero attached hydrogens (tertiary/aromatic N) is 1. The molecular formula is C24H17I2NO2SeSi. The first-order valence-electron chi connectivity index (χ1n) is 9.72. The second-order valence-corrected chi connectivity index (χ2v) is 16.3. The minimum atomic E-state index is -2.60. The van der Waals surface area contributed by atoms with Crippen molar-refractivity contribution in [3.8, 4) is 15.8 Å². The first-order valence-corrected chi connectivity index (χ1v) is 16.1. The molecule has 0 radical (unpaired) electrons.